The van der Waals surface area contributed by atoms with E-state index < -0.39 is 29.6 Å². The molecule has 2 N–H and O–H groups in total. The molecule has 0 aromatic heterocycles. The van der Waals surface area contributed by atoms with Gasteiger partial charge in [-0.15, -0.1) is 0 Å². The van der Waals surface area contributed by atoms with E-state index in [9.17, 15) is 19.5 Å². The van der Waals surface area contributed by atoms with Crippen LogP contribution in [0.3, 0.4) is 0 Å². The predicted molar refractivity (Wildman–Crippen MR) is 119 cm³/mol. The average Bonchev–Trinajstić information content (AvgIpc) is 3.37. The number of nitrogens with zero attached hydrogens (tertiary/aromatic N) is 1. The van der Waals surface area contributed by atoms with Crippen LogP contribution in [0.15, 0.2) is 48.5 Å². The molecule has 8 nitrogen and oxygen atoms in total. The van der Waals surface area contributed by atoms with E-state index in [1.165, 1.54) is 4.90 Å². The molecule has 33 heavy (non-hydrogen) atoms. The fourth-order valence-corrected chi connectivity index (χ4v) is 5.04. The average molecular weight is 450 g/mol. The normalized spacial score (nSPS) is 22.8. The Balaban J connectivity index is 1.20. The number of hydrogen-bond donors (Lipinski definition) is 2. The molecule has 2 aromatic carbocycles. The molecule has 3 aliphatic rings. The van der Waals surface area contributed by atoms with Crippen LogP contribution in [-0.2, 0) is 19.1 Å². The smallest absolute Gasteiger partial charge is 0.407 e. The number of carboxylic acid groups (broad SMARTS) is 1. The first kappa shape index (κ1) is 21.5. The van der Waals surface area contributed by atoms with Crippen molar-refractivity contribution in [3.63, 3.8) is 0 Å². The van der Waals surface area contributed by atoms with Crippen molar-refractivity contribution in [1.82, 2.24) is 10.2 Å². The predicted octanol–water partition coefficient (Wildman–Crippen LogP) is 2.62. The van der Waals surface area contributed by atoms with E-state index in [0.29, 0.717) is 13.0 Å². The van der Waals surface area contributed by atoms with Crippen LogP contribution in [0.2, 0.25) is 0 Å². The minimum atomic E-state index is -0.927. The molecule has 0 radical (unpaired) electrons. The molecule has 0 spiro atoms. The number of fused-ring (bicyclic) bond motifs is 3. The molecule has 2 saturated heterocycles. The molecule has 2 atom stereocenters. The van der Waals surface area contributed by atoms with E-state index in [1.807, 2.05) is 24.3 Å². The van der Waals surface area contributed by atoms with E-state index >= 15 is 0 Å². The standard InChI is InChI=1S/C25H26N2O6/c1-25(23(29)30)13-27(14-25)22(28)21-20(10-11-32-21)26-24(31)33-12-19-17-8-4-2-6-15(17)16-7-3-5-9-18(16)19/h2-9,19-21H,10-14H2,1H3,(H,26,31)(H,29,30). The van der Waals surface area contributed by atoms with E-state index in [2.05, 4.69) is 29.6 Å². The first-order chi connectivity index (χ1) is 15.9. The van der Waals surface area contributed by atoms with Gasteiger partial charge < -0.3 is 24.8 Å². The third-order valence-corrected chi connectivity index (χ3v) is 6.89. The molecule has 2 aliphatic heterocycles. The Bertz CT molecular complexity index is 1060. The zero-order valence-electron chi connectivity index (χ0n) is 18.3. The minimum absolute atomic E-state index is 0.0461. The number of amides is 2. The monoisotopic (exact) mass is 450 g/mol. The van der Waals surface area contributed by atoms with Crippen molar-refractivity contribution in [2.75, 3.05) is 26.3 Å². The van der Waals surface area contributed by atoms with Gasteiger partial charge in [0.2, 0.25) is 0 Å². The number of alkyl carbamates (subject to hydrolysis) is 1. The maximum Gasteiger partial charge on any atom is 0.407 e. The highest BCUT2D eigenvalue weighted by molar-refractivity contribution is 5.87. The maximum absolute atomic E-state index is 12.8. The summed E-state index contributed by atoms with van der Waals surface area (Å²) < 4.78 is 11.2. The molecule has 2 unspecified atom stereocenters. The molecule has 8 heteroatoms. The lowest BCUT2D eigenvalue weighted by Crippen LogP contribution is -2.64. The second kappa shape index (κ2) is 8.19. The Morgan fingerprint density at radius 3 is 2.30 bits per heavy atom. The number of rotatable bonds is 5. The van der Waals surface area contributed by atoms with Gasteiger partial charge >= 0.3 is 12.1 Å². The number of nitrogens with one attached hydrogen (secondary N) is 1. The number of benzene rings is 2. The van der Waals surface area contributed by atoms with Gasteiger partial charge in [0.05, 0.1) is 6.04 Å². The van der Waals surface area contributed by atoms with Crippen molar-refractivity contribution in [3.05, 3.63) is 59.7 Å². The van der Waals surface area contributed by atoms with Crippen LogP contribution >= 0.6 is 0 Å². The summed E-state index contributed by atoms with van der Waals surface area (Å²) in [6.45, 7) is 2.42. The number of likely N-dealkylation sites (tertiary alicyclic amines) is 1. The van der Waals surface area contributed by atoms with E-state index in [-0.39, 0.29) is 31.5 Å². The first-order valence-corrected chi connectivity index (χ1v) is 11.1. The molecular weight excluding hydrogens is 424 g/mol. The molecule has 2 heterocycles. The van der Waals surface area contributed by atoms with Crippen molar-refractivity contribution in [1.29, 1.82) is 0 Å². The number of carbonyl (C=O) groups is 3. The second-order valence-electron chi connectivity index (χ2n) is 9.22. The molecule has 172 valence electrons. The third-order valence-electron chi connectivity index (χ3n) is 6.89. The lowest BCUT2D eigenvalue weighted by atomic mass is 9.81. The fourth-order valence-electron chi connectivity index (χ4n) is 5.04. The van der Waals surface area contributed by atoms with Crippen LogP contribution in [0.4, 0.5) is 4.79 Å². The van der Waals surface area contributed by atoms with Crippen molar-refractivity contribution in [3.8, 4) is 11.1 Å². The van der Waals surface area contributed by atoms with Crippen molar-refractivity contribution in [2.24, 2.45) is 5.41 Å². The first-order valence-electron chi connectivity index (χ1n) is 11.1. The summed E-state index contributed by atoms with van der Waals surface area (Å²) in [6.07, 6.45) is -0.932. The molecular formula is C25H26N2O6. The SMILES string of the molecule is CC1(C(=O)O)CN(C(=O)C2OCCC2NC(=O)OCC2c3ccccc3-c3ccccc32)C1. The lowest BCUT2D eigenvalue weighted by Gasteiger charge is -2.45. The van der Waals surface area contributed by atoms with Crippen molar-refractivity contribution < 1.29 is 29.0 Å². The molecule has 5 rings (SSSR count). The van der Waals surface area contributed by atoms with Crippen LogP contribution < -0.4 is 5.32 Å². The molecule has 0 saturated carbocycles. The van der Waals surface area contributed by atoms with Gasteiger partial charge in [-0.2, -0.15) is 0 Å². The van der Waals surface area contributed by atoms with E-state index in [1.54, 1.807) is 6.92 Å². The summed E-state index contributed by atoms with van der Waals surface area (Å²) in [6, 6.07) is 15.7. The summed E-state index contributed by atoms with van der Waals surface area (Å²) in [5.41, 5.74) is 3.63. The summed E-state index contributed by atoms with van der Waals surface area (Å²) in [4.78, 5) is 38.2. The highest BCUT2D eigenvalue weighted by Crippen LogP contribution is 2.44. The van der Waals surface area contributed by atoms with Gasteiger partial charge in [0, 0.05) is 25.6 Å². The van der Waals surface area contributed by atoms with Crippen LogP contribution in [0, 0.1) is 5.41 Å². The van der Waals surface area contributed by atoms with Crippen LogP contribution in [0.1, 0.15) is 30.4 Å². The highest BCUT2D eigenvalue weighted by Gasteiger charge is 2.50. The number of carbonyl (C=O) groups excluding carboxylic acids is 2. The van der Waals surface area contributed by atoms with Gasteiger partial charge in [-0.3, -0.25) is 9.59 Å². The zero-order chi connectivity index (χ0) is 23.2. The molecule has 2 aromatic rings. The van der Waals surface area contributed by atoms with Gasteiger partial charge in [-0.25, -0.2) is 4.79 Å². The topological polar surface area (TPSA) is 105 Å². The lowest BCUT2D eigenvalue weighted by molar-refractivity contribution is -0.168. The van der Waals surface area contributed by atoms with Gasteiger partial charge in [0.15, 0.2) is 6.10 Å². The fraction of sp³-hybridized carbons (Fsp3) is 0.400. The van der Waals surface area contributed by atoms with Crippen LogP contribution in [0.5, 0.6) is 0 Å². The Hall–Kier alpha value is -3.39. The molecule has 2 amide bonds. The number of hydrogen-bond acceptors (Lipinski definition) is 5. The van der Waals surface area contributed by atoms with E-state index in [0.717, 1.165) is 22.3 Å². The highest BCUT2D eigenvalue weighted by atomic mass is 16.6. The Morgan fingerprint density at radius 1 is 1.09 bits per heavy atom. The maximum atomic E-state index is 12.8. The van der Waals surface area contributed by atoms with Gasteiger partial charge in [-0.1, -0.05) is 48.5 Å². The molecule has 2 fully saturated rings. The third kappa shape index (κ3) is 3.74. The number of ether oxygens (including phenoxy) is 2. The zero-order valence-corrected chi connectivity index (χ0v) is 18.3. The number of aliphatic carboxylic acids is 1. The van der Waals surface area contributed by atoms with Gasteiger partial charge in [0.25, 0.3) is 5.91 Å². The van der Waals surface area contributed by atoms with Gasteiger partial charge in [0.1, 0.15) is 12.0 Å². The summed E-state index contributed by atoms with van der Waals surface area (Å²) in [5.74, 6) is -1.27. The van der Waals surface area contributed by atoms with E-state index in [4.69, 9.17) is 9.47 Å². The van der Waals surface area contributed by atoms with Crippen molar-refractivity contribution >= 4 is 18.0 Å². The van der Waals surface area contributed by atoms with Gasteiger partial charge in [-0.05, 0) is 35.6 Å². The minimum Gasteiger partial charge on any atom is -0.481 e. The number of carboxylic acids is 1. The quantitative estimate of drug-likeness (QED) is 0.726. The molecule has 1 aliphatic carbocycles. The Labute approximate surface area is 191 Å². The second-order valence-corrected chi connectivity index (χ2v) is 9.22. The molecule has 0 bridgehead atoms. The summed E-state index contributed by atoms with van der Waals surface area (Å²) >= 11 is 0. The summed E-state index contributed by atoms with van der Waals surface area (Å²) in [5, 5.41) is 12.0. The van der Waals surface area contributed by atoms with Crippen LogP contribution in [-0.4, -0.2) is 66.4 Å². The Kier molecular flexibility index (Phi) is 5.32. The van der Waals surface area contributed by atoms with Crippen molar-refractivity contribution in [2.45, 2.75) is 31.4 Å². The largest absolute Gasteiger partial charge is 0.481 e. The van der Waals surface area contributed by atoms with Crippen LogP contribution in [0.25, 0.3) is 11.1 Å². The Morgan fingerprint density at radius 2 is 1.70 bits per heavy atom. The summed E-state index contributed by atoms with van der Waals surface area (Å²) in [7, 11) is 0.